The number of rotatable bonds is 1. The second-order valence-corrected chi connectivity index (χ2v) is 3.13. The van der Waals surface area contributed by atoms with Crippen LogP contribution in [0.2, 0.25) is 0 Å². The van der Waals surface area contributed by atoms with Crippen LogP contribution in [-0.2, 0) is 4.79 Å². The third kappa shape index (κ3) is 1.61. The molecule has 1 aliphatic heterocycles. The van der Waals surface area contributed by atoms with Crippen LogP contribution in [0.5, 0.6) is 5.75 Å². The van der Waals surface area contributed by atoms with Gasteiger partial charge in [-0.3, -0.25) is 4.79 Å². The number of ether oxygens (including phenoxy) is 1. The summed E-state index contributed by atoms with van der Waals surface area (Å²) in [5.41, 5.74) is 0.693. The number of carboxylic acid groups (broad SMARTS) is 1. The molecule has 0 aliphatic carbocycles. The molecule has 1 aliphatic rings. The number of amides is 1. The van der Waals surface area contributed by atoms with E-state index in [1.165, 1.54) is 0 Å². The van der Waals surface area contributed by atoms with Crippen LogP contribution in [0.15, 0.2) is 6.07 Å². The Morgan fingerprint density at radius 3 is 3.07 bits per heavy atom. The summed E-state index contributed by atoms with van der Waals surface area (Å²) >= 11 is 0. The van der Waals surface area contributed by atoms with Gasteiger partial charge in [-0.1, -0.05) is 0 Å². The maximum absolute atomic E-state index is 11.0. The lowest BCUT2D eigenvalue weighted by molar-refractivity contribution is -0.118. The van der Waals surface area contributed by atoms with Gasteiger partial charge in [0.2, 0.25) is 0 Å². The summed E-state index contributed by atoms with van der Waals surface area (Å²) in [5.74, 6) is -1.36. The van der Waals surface area contributed by atoms with Gasteiger partial charge >= 0.3 is 5.97 Å². The molecule has 1 amide bonds. The Hall–Kier alpha value is -2.11. The van der Waals surface area contributed by atoms with Crippen molar-refractivity contribution in [3.63, 3.8) is 0 Å². The number of carbonyl (C=O) groups excluding carboxylic acids is 1. The standard InChI is InChI=1S/C9H8N2O4/c1-4-2-5-8(7(10-4)9(13)14)15-3-6(12)11-5/h2H,3H2,1H3,(H,11,12)(H,13,14). The monoisotopic (exact) mass is 208 g/mol. The van der Waals surface area contributed by atoms with E-state index in [-0.39, 0.29) is 24.0 Å². The van der Waals surface area contributed by atoms with E-state index in [0.717, 1.165) is 0 Å². The molecule has 1 aromatic heterocycles. The third-order valence-corrected chi connectivity index (χ3v) is 1.93. The number of pyridine rings is 1. The Bertz CT molecular complexity index is 456. The molecular formula is C9H8N2O4. The topological polar surface area (TPSA) is 88.5 Å². The molecule has 2 N–H and O–H groups in total. The third-order valence-electron chi connectivity index (χ3n) is 1.93. The van der Waals surface area contributed by atoms with Gasteiger partial charge in [0.05, 0.1) is 5.69 Å². The number of carboxylic acids is 1. The van der Waals surface area contributed by atoms with Crippen molar-refractivity contribution in [3.8, 4) is 5.75 Å². The molecule has 0 saturated carbocycles. The number of aromatic nitrogens is 1. The Morgan fingerprint density at radius 2 is 2.40 bits per heavy atom. The lowest BCUT2D eigenvalue weighted by Gasteiger charge is -2.19. The van der Waals surface area contributed by atoms with E-state index in [1.807, 2.05) is 0 Å². The van der Waals surface area contributed by atoms with Gasteiger partial charge in [-0.15, -0.1) is 0 Å². The fourth-order valence-corrected chi connectivity index (χ4v) is 1.37. The van der Waals surface area contributed by atoms with Crippen molar-refractivity contribution < 1.29 is 19.4 Å². The summed E-state index contributed by atoms with van der Waals surface area (Å²) in [4.78, 5) is 25.7. The molecule has 1 aromatic rings. The molecule has 2 heterocycles. The van der Waals surface area contributed by atoms with E-state index in [1.54, 1.807) is 13.0 Å². The van der Waals surface area contributed by atoms with Gasteiger partial charge in [0.15, 0.2) is 18.1 Å². The van der Waals surface area contributed by atoms with Crippen molar-refractivity contribution in [2.45, 2.75) is 6.92 Å². The molecule has 2 rings (SSSR count). The van der Waals surface area contributed by atoms with Crippen molar-refractivity contribution in [1.82, 2.24) is 4.98 Å². The van der Waals surface area contributed by atoms with Gasteiger partial charge in [-0.05, 0) is 13.0 Å². The molecular weight excluding hydrogens is 200 g/mol. The highest BCUT2D eigenvalue weighted by Gasteiger charge is 2.24. The summed E-state index contributed by atoms with van der Waals surface area (Å²) < 4.78 is 5.03. The largest absolute Gasteiger partial charge is 0.479 e. The van der Waals surface area contributed by atoms with Crippen LogP contribution < -0.4 is 10.1 Å². The van der Waals surface area contributed by atoms with E-state index in [2.05, 4.69) is 10.3 Å². The first-order chi connectivity index (χ1) is 7.08. The fourth-order valence-electron chi connectivity index (χ4n) is 1.37. The molecule has 0 spiro atoms. The maximum Gasteiger partial charge on any atom is 0.358 e. The SMILES string of the molecule is Cc1cc2c(c(C(=O)O)n1)OCC(=O)N2. The minimum Gasteiger partial charge on any atom is -0.479 e. The smallest absolute Gasteiger partial charge is 0.358 e. The number of hydrogen-bond donors (Lipinski definition) is 2. The predicted octanol–water partition coefficient (Wildman–Crippen LogP) is 0.419. The zero-order valence-corrected chi connectivity index (χ0v) is 7.90. The van der Waals surface area contributed by atoms with Crippen LogP contribution in [0, 0.1) is 6.92 Å². The Morgan fingerprint density at radius 1 is 1.67 bits per heavy atom. The minimum absolute atomic E-state index is 0.118. The molecule has 0 bridgehead atoms. The number of aromatic carboxylic acids is 1. The van der Waals surface area contributed by atoms with Crippen molar-refractivity contribution in [1.29, 1.82) is 0 Å². The molecule has 6 nitrogen and oxygen atoms in total. The van der Waals surface area contributed by atoms with Crippen molar-refractivity contribution in [3.05, 3.63) is 17.5 Å². The molecule has 0 atom stereocenters. The number of aryl methyl sites for hydroxylation is 1. The summed E-state index contributed by atoms with van der Waals surface area (Å²) in [5, 5.41) is 11.4. The van der Waals surface area contributed by atoms with Crippen molar-refractivity contribution >= 4 is 17.6 Å². The minimum atomic E-state index is -1.17. The molecule has 0 saturated heterocycles. The first kappa shape index (κ1) is 9.45. The fraction of sp³-hybridized carbons (Fsp3) is 0.222. The Labute approximate surface area is 84.9 Å². The zero-order chi connectivity index (χ0) is 11.0. The Balaban J connectivity index is 2.58. The predicted molar refractivity (Wildman–Crippen MR) is 50.1 cm³/mol. The molecule has 78 valence electrons. The summed E-state index contributed by atoms with van der Waals surface area (Å²) in [6.07, 6.45) is 0. The number of nitrogens with one attached hydrogen (secondary N) is 1. The zero-order valence-electron chi connectivity index (χ0n) is 7.90. The van der Waals surface area contributed by atoms with Gasteiger partial charge in [0.1, 0.15) is 0 Å². The molecule has 0 aromatic carbocycles. The number of nitrogens with zero attached hydrogens (tertiary/aromatic N) is 1. The maximum atomic E-state index is 11.0. The molecule has 0 unspecified atom stereocenters. The summed E-state index contributed by atoms with van der Waals surface area (Å²) in [6.45, 7) is 1.46. The van der Waals surface area contributed by atoms with Crippen LogP contribution in [0.1, 0.15) is 16.2 Å². The van der Waals surface area contributed by atoms with Crippen molar-refractivity contribution in [2.75, 3.05) is 11.9 Å². The highest BCUT2D eigenvalue weighted by atomic mass is 16.5. The molecule has 6 heteroatoms. The highest BCUT2D eigenvalue weighted by Crippen LogP contribution is 2.31. The molecule has 15 heavy (non-hydrogen) atoms. The highest BCUT2D eigenvalue weighted by molar-refractivity contribution is 5.99. The average molecular weight is 208 g/mol. The number of fused-ring (bicyclic) bond motifs is 1. The first-order valence-electron chi connectivity index (χ1n) is 4.25. The quantitative estimate of drug-likeness (QED) is 0.698. The van der Waals surface area contributed by atoms with Crippen LogP contribution in [0.3, 0.4) is 0 Å². The summed E-state index contributed by atoms with van der Waals surface area (Å²) in [7, 11) is 0. The normalized spacial score (nSPS) is 13.8. The first-order valence-corrected chi connectivity index (χ1v) is 4.25. The van der Waals surface area contributed by atoms with Crippen LogP contribution in [0.25, 0.3) is 0 Å². The van der Waals surface area contributed by atoms with E-state index in [0.29, 0.717) is 11.4 Å². The van der Waals surface area contributed by atoms with Gasteiger partial charge < -0.3 is 15.2 Å². The average Bonchev–Trinajstić information content (AvgIpc) is 2.15. The number of carbonyl (C=O) groups is 2. The van der Waals surface area contributed by atoms with E-state index in [4.69, 9.17) is 9.84 Å². The number of anilines is 1. The lowest BCUT2D eigenvalue weighted by atomic mass is 10.2. The van der Waals surface area contributed by atoms with E-state index < -0.39 is 5.97 Å². The molecule has 0 fully saturated rings. The second-order valence-electron chi connectivity index (χ2n) is 3.13. The van der Waals surface area contributed by atoms with Crippen LogP contribution in [-0.4, -0.2) is 28.6 Å². The summed E-state index contributed by atoms with van der Waals surface area (Å²) in [6, 6.07) is 1.57. The van der Waals surface area contributed by atoms with Crippen LogP contribution >= 0.6 is 0 Å². The van der Waals surface area contributed by atoms with Gasteiger partial charge in [-0.25, -0.2) is 9.78 Å². The van der Waals surface area contributed by atoms with Gasteiger partial charge in [0.25, 0.3) is 5.91 Å². The molecule has 0 radical (unpaired) electrons. The van der Waals surface area contributed by atoms with E-state index >= 15 is 0 Å². The van der Waals surface area contributed by atoms with Gasteiger partial charge in [-0.2, -0.15) is 0 Å². The van der Waals surface area contributed by atoms with Crippen LogP contribution in [0.4, 0.5) is 5.69 Å². The Kier molecular flexibility index (Phi) is 2.03. The van der Waals surface area contributed by atoms with Gasteiger partial charge in [0, 0.05) is 5.69 Å². The second kappa shape index (κ2) is 3.23. The number of hydrogen-bond acceptors (Lipinski definition) is 4. The van der Waals surface area contributed by atoms with E-state index in [9.17, 15) is 9.59 Å². The van der Waals surface area contributed by atoms with Crippen molar-refractivity contribution in [2.24, 2.45) is 0 Å². The lowest BCUT2D eigenvalue weighted by Crippen LogP contribution is -2.27.